The maximum Gasteiger partial charge on any atom is 0.191 e. The molecule has 1 unspecified atom stereocenters. The van der Waals surface area contributed by atoms with E-state index < -0.39 is 0 Å². The van der Waals surface area contributed by atoms with E-state index in [0.29, 0.717) is 6.04 Å². The molecule has 0 radical (unpaired) electrons. The van der Waals surface area contributed by atoms with Crippen LogP contribution >= 0.6 is 35.6 Å². The number of anilines is 1. The Morgan fingerprint density at radius 1 is 1.24 bits per heavy atom. The molecular weight excluding hydrogens is 501 g/mol. The second kappa shape index (κ2) is 12.1. The number of halogens is 2. The Bertz CT molecular complexity index is 666. The standard InChI is InChI=1S/C21H34ClN5O.HI/c1-23-21(24-10-6-16-7-11-26(2)12-8-16)25-18-9-13-27(15-18)19-14-17(22)4-5-20(19)28-3;/h4-5,14,16,18H,6-13,15H2,1-3H3,(H2,23,24,25);1H. The Hall–Kier alpha value is -0.930. The highest BCUT2D eigenvalue weighted by molar-refractivity contribution is 14.0. The van der Waals surface area contributed by atoms with Crippen LogP contribution in [0, 0.1) is 5.92 Å². The minimum atomic E-state index is 0. The summed E-state index contributed by atoms with van der Waals surface area (Å²) in [5, 5.41) is 7.81. The smallest absolute Gasteiger partial charge is 0.191 e. The number of benzene rings is 1. The number of nitrogens with one attached hydrogen (secondary N) is 2. The lowest BCUT2D eigenvalue weighted by molar-refractivity contribution is 0.213. The molecular formula is C21H35ClIN5O. The van der Waals surface area contributed by atoms with Crippen molar-refractivity contribution < 1.29 is 4.74 Å². The number of nitrogens with zero attached hydrogens (tertiary/aromatic N) is 3. The van der Waals surface area contributed by atoms with E-state index >= 15 is 0 Å². The van der Waals surface area contributed by atoms with Crippen molar-refractivity contribution in [3.63, 3.8) is 0 Å². The molecule has 2 saturated heterocycles. The predicted octanol–water partition coefficient (Wildman–Crippen LogP) is 3.44. The molecule has 2 aliphatic rings. The van der Waals surface area contributed by atoms with Crippen molar-refractivity contribution in [2.45, 2.75) is 31.7 Å². The maximum atomic E-state index is 6.19. The number of ether oxygens (including phenoxy) is 1. The average Bonchev–Trinajstić information content (AvgIpc) is 3.17. The number of hydrogen-bond donors (Lipinski definition) is 2. The second-order valence-corrected chi connectivity index (χ2v) is 8.36. The van der Waals surface area contributed by atoms with Crippen molar-refractivity contribution in [3.05, 3.63) is 23.2 Å². The number of hydrogen-bond acceptors (Lipinski definition) is 4. The molecule has 0 aliphatic carbocycles. The van der Waals surface area contributed by atoms with Crippen LogP contribution in [0.4, 0.5) is 5.69 Å². The van der Waals surface area contributed by atoms with Crippen molar-refractivity contribution in [1.29, 1.82) is 0 Å². The molecule has 2 heterocycles. The van der Waals surface area contributed by atoms with Gasteiger partial charge in [0.2, 0.25) is 0 Å². The molecule has 1 aromatic rings. The summed E-state index contributed by atoms with van der Waals surface area (Å²) < 4.78 is 5.51. The lowest BCUT2D eigenvalue weighted by Gasteiger charge is -2.29. The fraction of sp³-hybridized carbons (Fsp3) is 0.667. The zero-order chi connectivity index (χ0) is 19.9. The van der Waals surface area contributed by atoms with Crippen LogP contribution in [0.15, 0.2) is 23.2 Å². The lowest BCUT2D eigenvalue weighted by atomic mass is 9.94. The molecule has 0 saturated carbocycles. The van der Waals surface area contributed by atoms with Crippen LogP contribution in [0.2, 0.25) is 5.02 Å². The van der Waals surface area contributed by atoms with Gasteiger partial charge in [-0.3, -0.25) is 4.99 Å². The Morgan fingerprint density at radius 3 is 2.69 bits per heavy atom. The first-order valence-corrected chi connectivity index (χ1v) is 10.7. The molecule has 2 aliphatic heterocycles. The summed E-state index contributed by atoms with van der Waals surface area (Å²) >= 11 is 6.19. The molecule has 1 atom stereocenters. The quantitative estimate of drug-likeness (QED) is 0.332. The number of piperidine rings is 1. The molecule has 164 valence electrons. The van der Waals surface area contributed by atoms with Gasteiger partial charge in [-0.15, -0.1) is 24.0 Å². The van der Waals surface area contributed by atoms with Crippen LogP contribution in [-0.2, 0) is 0 Å². The fourth-order valence-corrected chi connectivity index (χ4v) is 4.31. The van der Waals surface area contributed by atoms with E-state index in [9.17, 15) is 0 Å². The fourth-order valence-electron chi connectivity index (χ4n) is 4.14. The number of guanidine groups is 1. The minimum absolute atomic E-state index is 0. The SMILES string of the molecule is CN=C(NCCC1CCN(C)CC1)NC1CCN(c2cc(Cl)ccc2OC)C1.I. The van der Waals surface area contributed by atoms with Gasteiger partial charge in [0.05, 0.1) is 12.8 Å². The molecule has 0 aromatic heterocycles. The van der Waals surface area contributed by atoms with Crippen molar-refractivity contribution in [3.8, 4) is 5.75 Å². The van der Waals surface area contributed by atoms with Crippen molar-refractivity contribution in [2.24, 2.45) is 10.9 Å². The Labute approximate surface area is 197 Å². The van der Waals surface area contributed by atoms with Crippen LogP contribution in [-0.4, -0.2) is 70.8 Å². The van der Waals surface area contributed by atoms with Crippen LogP contribution in [0.3, 0.4) is 0 Å². The first-order valence-electron chi connectivity index (χ1n) is 10.3. The van der Waals surface area contributed by atoms with Gasteiger partial charge in [-0.25, -0.2) is 0 Å². The van der Waals surface area contributed by atoms with Gasteiger partial charge in [0, 0.05) is 37.7 Å². The number of likely N-dealkylation sites (tertiary alicyclic amines) is 1. The van der Waals surface area contributed by atoms with Gasteiger partial charge < -0.3 is 25.2 Å². The van der Waals surface area contributed by atoms with Crippen molar-refractivity contribution >= 4 is 47.2 Å². The highest BCUT2D eigenvalue weighted by Gasteiger charge is 2.25. The van der Waals surface area contributed by atoms with Crippen LogP contribution in [0.5, 0.6) is 5.75 Å². The molecule has 0 amide bonds. The molecule has 0 bridgehead atoms. The molecule has 6 nitrogen and oxygen atoms in total. The normalized spacial score (nSPS) is 21.0. The summed E-state index contributed by atoms with van der Waals surface area (Å²) in [6.45, 7) is 5.31. The van der Waals surface area contributed by atoms with Gasteiger partial charge in [-0.1, -0.05) is 11.6 Å². The van der Waals surface area contributed by atoms with Crippen molar-refractivity contribution in [2.75, 3.05) is 58.8 Å². The topological polar surface area (TPSA) is 52.1 Å². The van der Waals surface area contributed by atoms with E-state index in [-0.39, 0.29) is 24.0 Å². The number of aliphatic imine (C=N–C) groups is 1. The number of rotatable bonds is 6. The summed E-state index contributed by atoms with van der Waals surface area (Å²) in [6.07, 6.45) is 4.89. The first kappa shape index (κ1) is 24.3. The molecule has 2 N–H and O–H groups in total. The summed E-state index contributed by atoms with van der Waals surface area (Å²) in [5.41, 5.74) is 1.06. The third-order valence-corrected chi connectivity index (χ3v) is 6.15. The van der Waals surface area contributed by atoms with Gasteiger partial charge in [0.25, 0.3) is 0 Å². The predicted molar refractivity (Wildman–Crippen MR) is 133 cm³/mol. The molecule has 1 aromatic carbocycles. The average molecular weight is 536 g/mol. The highest BCUT2D eigenvalue weighted by atomic mass is 127. The molecule has 2 fully saturated rings. The number of methoxy groups -OCH3 is 1. The zero-order valence-corrected chi connectivity index (χ0v) is 20.9. The second-order valence-electron chi connectivity index (χ2n) is 7.93. The van der Waals surface area contributed by atoms with Gasteiger partial charge in [0.15, 0.2) is 5.96 Å². The Balaban J connectivity index is 0.00000300. The Kier molecular flexibility index (Phi) is 10.1. The van der Waals surface area contributed by atoms with Crippen LogP contribution in [0.1, 0.15) is 25.7 Å². The summed E-state index contributed by atoms with van der Waals surface area (Å²) in [5.74, 6) is 2.60. The van der Waals surface area contributed by atoms with E-state index in [1.807, 2.05) is 25.2 Å². The van der Waals surface area contributed by atoms with Crippen LogP contribution < -0.4 is 20.3 Å². The molecule has 3 rings (SSSR count). The van der Waals surface area contributed by atoms with Crippen molar-refractivity contribution in [1.82, 2.24) is 15.5 Å². The van der Waals surface area contributed by atoms with Gasteiger partial charge in [0.1, 0.15) is 5.75 Å². The van der Waals surface area contributed by atoms with E-state index in [4.69, 9.17) is 16.3 Å². The van der Waals surface area contributed by atoms with E-state index in [1.165, 1.54) is 32.4 Å². The van der Waals surface area contributed by atoms with Gasteiger partial charge in [-0.2, -0.15) is 0 Å². The van der Waals surface area contributed by atoms with Gasteiger partial charge in [-0.05, 0) is 69.9 Å². The zero-order valence-electron chi connectivity index (χ0n) is 17.8. The van der Waals surface area contributed by atoms with Crippen LogP contribution in [0.25, 0.3) is 0 Å². The molecule has 8 heteroatoms. The van der Waals surface area contributed by atoms with E-state index in [0.717, 1.165) is 54.4 Å². The molecule has 0 spiro atoms. The summed E-state index contributed by atoms with van der Waals surface area (Å²) in [7, 11) is 5.76. The Morgan fingerprint density at radius 2 is 2.00 bits per heavy atom. The highest BCUT2D eigenvalue weighted by Crippen LogP contribution is 2.33. The maximum absolute atomic E-state index is 6.19. The third-order valence-electron chi connectivity index (χ3n) is 5.92. The summed E-state index contributed by atoms with van der Waals surface area (Å²) in [4.78, 5) is 9.16. The summed E-state index contributed by atoms with van der Waals surface area (Å²) in [6, 6.07) is 6.14. The minimum Gasteiger partial charge on any atom is -0.495 e. The first-order chi connectivity index (χ1) is 13.6. The van der Waals surface area contributed by atoms with E-state index in [1.54, 1.807) is 7.11 Å². The van der Waals surface area contributed by atoms with Gasteiger partial charge >= 0.3 is 0 Å². The van der Waals surface area contributed by atoms with E-state index in [2.05, 4.69) is 32.5 Å². The third kappa shape index (κ3) is 7.07. The monoisotopic (exact) mass is 535 g/mol. The largest absolute Gasteiger partial charge is 0.495 e. The molecule has 29 heavy (non-hydrogen) atoms. The lowest BCUT2D eigenvalue weighted by Crippen LogP contribution is -2.45.